The average molecular weight is 375 g/mol. The van der Waals surface area contributed by atoms with Gasteiger partial charge in [-0.3, -0.25) is 9.48 Å². The fourth-order valence-electron chi connectivity index (χ4n) is 3.62. The summed E-state index contributed by atoms with van der Waals surface area (Å²) in [4.78, 5) is 19.2. The Morgan fingerprint density at radius 1 is 1.11 bits per heavy atom. The number of benzene rings is 1. The zero-order valence-corrected chi connectivity index (χ0v) is 15.3. The summed E-state index contributed by atoms with van der Waals surface area (Å²) in [7, 11) is 0. The highest BCUT2D eigenvalue weighted by Gasteiger charge is 2.29. The Morgan fingerprint density at radius 3 is 2.75 bits per heavy atom. The molecule has 1 aliphatic heterocycles. The summed E-state index contributed by atoms with van der Waals surface area (Å²) in [5, 5.41) is 4.43. The van der Waals surface area contributed by atoms with Crippen molar-refractivity contribution in [3.05, 3.63) is 88.9 Å². The summed E-state index contributed by atoms with van der Waals surface area (Å²) in [5.41, 5.74) is 5.32. The number of halogens is 1. The first kappa shape index (κ1) is 16.7. The fourth-order valence-corrected chi connectivity index (χ4v) is 3.62. The van der Waals surface area contributed by atoms with Crippen molar-refractivity contribution in [3.63, 3.8) is 0 Å². The highest BCUT2D eigenvalue weighted by atomic mass is 19.1. The number of carbonyl (C=O) groups is 1. The number of carbonyl (C=O) groups excluding carboxylic acids is 1. The SMILES string of the molecule is Cc1ccc2nc(C(=O)N3Cc4cnn(Cc5ccc(F)cc5)c4C3)cn2c1. The van der Waals surface area contributed by atoms with Crippen molar-refractivity contribution in [3.8, 4) is 0 Å². The van der Waals surface area contributed by atoms with E-state index in [-0.39, 0.29) is 11.7 Å². The molecule has 0 spiro atoms. The van der Waals surface area contributed by atoms with Crippen LogP contribution in [-0.2, 0) is 19.6 Å². The standard InChI is InChI=1S/C21H18FN5O/c1-14-2-7-20-24-18(12-25(20)9-14)21(28)26-11-16-8-23-27(19(16)13-26)10-15-3-5-17(22)6-4-15/h2-9,12H,10-11,13H2,1H3. The fraction of sp³-hybridized carbons (Fsp3) is 0.190. The van der Waals surface area contributed by atoms with E-state index < -0.39 is 0 Å². The Balaban J connectivity index is 1.36. The monoisotopic (exact) mass is 375 g/mol. The molecule has 0 saturated carbocycles. The lowest BCUT2D eigenvalue weighted by Crippen LogP contribution is -2.26. The van der Waals surface area contributed by atoms with Crippen LogP contribution in [0, 0.1) is 12.7 Å². The number of nitrogens with zero attached hydrogens (tertiary/aromatic N) is 5. The number of rotatable bonds is 3. The number of amides is 1. The third-order valence-corrected chi connectivity index (χ3v) is 5.09. The first-order chi connectivity index (χ1) is 13.6. The van der Waals surface area contributed by atoms with Gasteiger partial charge in [0, 0.05) is 24.5 Å². The Labute approximate surface area is 160 Å². The quantitative estimate of drug-likeness (QED) is 0.553. The molecule has 1 aliphatic rings. The van der Waals surface area contributed by atoms with Crippen LogP contribution in [-0.4, -0.2) is 30.0 Å². The van der Waals surface area contributed by atoms with Gasteiger partial charge in [-0.25, -0.2) is 9.37 Å². The van der Waals surface area contributed by atoms with Crippen LogP contribution in [0.5, 0.6) is 0 Å². The summed E-state index contributed by atoms with van der Waals surface area (Å²) >= 11 is 0. The zero-order valence-electron chi connectivity index (χ0n) is 15.3. The third kappa shape index (κ3) is 2.85. The van der Waals surface area contributed by atoms with E-state index in [9.17, 15) is 9.18 Å². The van der Waals surface area contributed by atoms with E-state index in [1.807, 2.05) is 34.3 Å². The minimum atomic E-state index is -0.256. The van der Waals surface area contributed by atoms with Gasteiger partial charge < -0.3 is 9.30 Å². The van der Waals surface area contributed by atoms with Crippen LogP contribution in [0.1, 0.15) is 32.9 Å². The summed E-state index contributed by atoms with van der Waals surface area (Å²) in [6.07, 6.45) is 5.54. The molecule has 0 N–H and O–H groups in total. The van der Waals surface area contributed by atoms with Gasteiger partial charge in [0.1, 0.15) is 17.2 Å². The van der Waals surface area contributed by atoms with E-state index in [0.717, 1.165) is 28.0 Å². The molecular weight excluding hydrogens is 357 g/mol. The second kappa shape index (κ2) is 6.30. The van der Waals surface area contributed by atoms with Crippen LogP contribution in [0.4, 0.5) is 4.39 Å². The van der Waals surface area contributed by atoms with Gasteiger partial charge >= 0.3 is 0 Å². The Bertz CT molecular complexity index is 1190. The third-order valence-electron chi connectivity index (χ3n) is 5.09. The Hall–Kier alpha value is -3.48. The first-order valence-corrected chi connectivity index (χ1v) is 9.09. The number of hydrogen-bond acceptors (Lipinski definition) is 3. The van der Waals surface area contributed by atoms with Crippen molar-refractivity contribution in [2.45, 2.75) is 26.6 Å². The molecule has 0 unspecified atom stereocenters. The molecule has 0 fully saturated rings. The van der Waals surface area contributed by atoms with Gasteiger partial charge in [-0.15, -0.1) is 0 Å². The molecule has 0 aliphatic carbocycles. The molecule has 5 rings (SSSR count). The van der Waals surface area contributed by atoms with Crippen LogP contribution < -0.4 is 0 Å². The van der Waals surface area contributed by atoms with Gasteiger partial charge in [0.25, 0.3) is 5.91 Å². The van der Waals surface area contributed by atoms with Gasteiger partial charge in [-0.2, -0.15) is 5.10 Å². The molecular formula is C21H18FN5O. The molecule has 6 nitrogen and oxygen atoms in total. The smallest absolute Gasteiger partial charge is 0.274 e. The van der Waals surface area contributed by atoms with Crippen LogP contribution in [0.2, 0.25) is 0 Å². The Morgan fingerprint density at radius 2 is 1.93 bits per heavy atom. The molecule has 140 valence electrons. The summed E-state index contributed by atoms with van der Waals surface area (Å²) in [6.45, 7) is 3.56. The first-order valence-electron chi connectivity index (χ1n) is 9.09. The maximum Gasteiger partial charge on any atom is 0.274 e. The van der Waals surface area contributed by atoms with Crippen LogP contribution in [0.15, 0.2) is 55.0 Å². The maximum atomic E-state index is 13.1. The van der Waals surface area contributed by atoms with E-state index in [0.29, 0.717) is 25.3 Å². The highest BCUT2D eigenvalue weighted by molar-refractivity contribution is 5.93. The number of aryl methyl sites for hydroxylation is 1. The van der Waals surface area contributed by atoms with Crippen molar-refractivity contribution in [1.82, 2.24) is 24.1 Å². The van der Waals surface area contributed by atoms with Crippen molar-refractivity contribution in [2.75, 3.05) is 0 Å². The van der Waals surface area contributed by atoms with Crippen molar-refractivity contribution < 1.29 is 9.18 Å². The van der Waals surface area contributed by atoms with Crippen LogP contribution in [0.3, 0.4) is 0 Å². The molecule has 1 amide bonds. The second-order valence-electron chi connectivity index (χ2n) is 7.16. The molecule has 3 aromatic heterocycles. The maximum absolute atomic E-state index is 13.1. The number of imidazole rings is 1. The lowest BCUT2D eigenvalue weighted by Gasteiger charge is -2.14. The van der Waals surface area contributed by atoms with Gasteiger partial charge in [0.15, 0.2) is 0 Å². The van der Waals surface area contributed by atoms with Gasteiger partial charge in [-0.1, -0.05) is 18.2 Å². The predicted molar refractivity (Wildman–Crippen MR) is 101 cm³/mol. The second-order valence-corrected chi connectivity index (χ2v) is 7.16. The minimum Gasteiger partial charge on any atom is -0.327 e. The van der Waals surface area contributed by atoms with Crippen molar-refractivity contribution in [2.24, 2.45) is 0 Å². The number of fused-ring (bicyclic) bond motifs is 2. The van der Waals surface area contributed by atoms with Crippen molar-refractivity contribution >= 4 is 11.6 Å². The van der Waals surface area contributed by atoms with Crippen LogP contribution >= 0.6 is 0 Å². The van der Waals surface area contributed by atoms with E-state index in [1.165, 1.54) is 12.1 Å². The molecule has 4 aromatic rings. The predicted octanol–water partition coefficient (Wildman–Crippen LogP) is 3.18. The van der Waals surface area contributed by atoms with E-state index in [1.54, 1.807) is 29.4 Å². The minimum absolute atomic E-state index is 0.0918. The number of pyridine rings is 1. The molecule has 28 heavy (non-hydrogen) atoms. The number of aromatic nitrogens is 4. The summed E-state index contributed by atoms with van der Waals surface area (Å²) < 4.78 is 16.9. The van der Waals surface area contributed by atoms with Crippen molar-refractivity contribution in [1.29, 1.82) is 0 Å². The number of hydrogen-bond donors (Lipinski definition) is 0. The molecule has 0 bridgehead atoms. The lowest BCUT2D eigenvalue weighted by atomic mass is 10.2. The van der Waals surface area contributed by atoms with E-state index in [2.05, 4.69) is 10.1 Å². The van der Waals surface area contributed by atoms with Gasteiger partial charge in [0.05, 0.1) is 25.0 Å². The normalized spacial score (nSPS) is 13.3. The van der Waals surface area contributed by atoms with Gasteiger partial charge in [-0.05, 0) is 36.2 Å². The molecule has 7 heteroatoms. The topological polar surface area (TPSA) is 55.4 Å². The van der Waals surface area contributed by atoms with E-state index >= 15 is 0 Å². The van der Waals surface area contributed by atoms with Gasteiger partial charge in [0.2, 0.25) is 0 Å². The molecule has 0 atom stereocenters. The lowest BCUT2D eigenvalue weighted by molar-refractivity contribution is 0.0743. The molecule has 0 radical (unpaired) electrons. The Kier molecular flexibility index (Phi) is 3.75. The summed E-state index contributed by atoms with van der Waals surface area (Å²) in [6, 6.07) is 10.3. The average Bonchev–Trinajstić information content (AvgIpc) is 3.38. The molecule has 0 saturated heterocycles. The van der Waals surface area contributed by atoms with E-state index in [4.69, 9.17) is 0 Å². The molecule has 4 heterocycles. The molecule has 1 aromatic carbocycles. The highest BCUT2D eigenvalue weighted by Crippen LogP contribution is 2.25. The zero-order chi connectivity index (χ0) is 19.3. The van der Waals surface area contributed by atoms with Crippen LogP contribution in [0.25, 0.3) is 5.65 Å². The largest absolute Gasteiger partial charge is 0.327 e. The summed E-state index contributed by atoms with van der Waals surface area (Å²) in [5.74, 6) is -0.347.